The minimum atomic E-state index is -0.315. The van der Waals surface area contributed by atoms with Crippen LogP contribution in [0, 0.1) is 13.8 Å². The molecule has 0 aliphatic rings. The Hall–Kier alpha value is -3.16. The molecule has 3 aromatic heterocycles. The van der Waals surface area contributed by atoms with Crippen molar-refractivity contribution in [1.29, 1.82) is 0 Å². The van der Waals surface area contributed by atoms with E-state index in [1.165, 1.54) is 6.26 Å². The molecule has 0 atom stereocenters. The van der Waals surface area contributed by atoms with E-state index in [1.807, 2.05) is 13.8 Å². The number of aromatic nitrogens is 3. The average Bonchev–Trinajstić information content (AvgIpc) is 3.20. The number of pyridine rings is 1. The molecule has 0 aliphatic carbocycles. The molecule has 0 saturated heterocycles. The van der Waals surface area contributed by atoms with Gasteiger partial charge in [0.25, 0.3) is 11.8 Å². The summed E-state index contributed by atoms with van der Waals surface area (Å²) in [6, 6.07) is 4.97. The Labute approximate surface area is 144 Å². The summed E-state index contributed by atoms with van der Waals surface area (Å²) in [7, 11) is 1.80. The number of furan rings is 1. The predicted molar refractivity (Wildman–Crippen MR) is 91.4 cm³/mol. The molecule has 3 rings (SSSR count). The molecule has 0 unspecified atom stereocenters. The average molecular weight is 341 g/mol. The molecule has 2 amide bonds. The second kappa shape index (κ2) is 6.76. The molecular formula is C17H19N5O3. The third-order valence-electron chi connectivity index (χ3n) is 3.78. The maximum atomic E-state index is 12.5. The van der Waals surface area contributed by atoms with Crippen LogP contribution in [0.2, 0.25) is 0 Å². The van der Waals surface area contributed by atoms with Gasteiger partial charge in [-0.05, 0) is 32.0 Å². The number of hydrogen-bond acceptors (Lipinski definition) is 5. The highest BCUT2D eigenvalue weighted by Crippen LogP contribution is 2.21. The molecule has 3 aromatic rings. The fourth-order valence-electron chi connectivity index (χ4n) is 2.69. The number of nitrogens with one attached hydrogen (secondary N) is 2. The van der Waals surface area contributed by atoms with Crippen LogP contribution in [0.3, 0.4) is 0 Å². The standard InChI is InChI=1S/C17H19N5O3/c1-10-9-12(14-11(2)21-22(3)15(14)20-10)16(23)18-6-7-19-17(24)13-5-4-8-25-13/h4-5,8-9H,6-7H2,1-3H3,(H,18,23)(H,19,24). The van der Waals surface area contributed by atoms with Gasteiger partial charge in [0.15, 0.2) is 11.4 Å². The summed E-state index contributed by atoms with van der Waals surface area (Å²) in [4.78, 5) is 28.7. The second-order valence-electron chi connectivity index (χ2n) is 5.71. The van der Waals surface area contributed by atoms with Crippen molar-refractivity contribution in [1.82, 2.24) is 25.4 Å². The highest BCUT2D eigenvalue weighted by atomic mass is 16.3. The second-order valence-corrected chi connectivity index (χ2v) is 5.71. The first-order valence-electron chi connectivity index (χ1n) is 7.88. The van der Waals surface area contributed by atoms with Crippen molar-refractivity contribution < 1.29 is 14.0 Å². The summed E-state index contributed by atoms with van der Waals surface area (Å²) in [5, 5.41) is 10.6. The molecular weight excluding hydrogens is 322 g/mol. The van der Waals surface area contributed by atoms with Gasteiger partial charge in [0, 0.05) is 25.8 Å². The van der Waals surface area contributed by atoms with Crippen LogP contribution in [0.4, 0.5) is 0 Å². The Morgan fingerprint density at radius 2 is 1.92 bits per heavy atom. The maximum Gasteiger partial charge on any atom is 0.287 e. The minimum Gasteiger partial charge on any atom is -0.459 e. The molecule has 0 bridgehead atoms. The van der Waals surface area contributed by atoms with Crippen molar-refractivity contribution >= 4 is 22.8 Å². The van der Waals surface area contributed by atoms with Gasteiger partial charge >= 0.3 is 0 Å². The molecule has 8 nitrogen and oxygen atoms in total. The first-order valence-corrected chi connectivity index (χ1v) is 7.88. The monoisotopic (exact) mass is 341 g/mol. The van der Waals surface area contributed by atoms with Crippen LogP contribution in [0.15, 0.2) is 28.9 Å². The number of nitrogens with zero attached hydrogens (tertiary/aromatic N) is 3. The van der Waals surface area contributed by atoms with Crippen LogP contribution in [0.5, 0.6) is 0 Å². The summed E-state index contributed by atoms with van der Waals surface area (Å²) < 4.78 is 6.67. The van der Waals surface area contributed by atoms with Crippen LogP contribution < -0.4 is 10.6 Å². The summed E-state index contributed by atoms with van der Waals surface area (Å²) in [6.45, 7) is 4.28. The molecule has 0 spiro atoms. The summed E-state index contributed by atoms with van der Waals surface area (Å²) in [5.74, 6) is -0.299. The molecule has 0 radical (unpaired) electrons. The van der Waals surface area contributed by atoms with E-state index in [0.717, 1.165) is 16.8 Å². The van der Waals surface area contributed by atoms with E-state index in [2.05, 4.69) is 20.7 Å². The molecule has 0 aromatic carbocycles. The molecule has 2 N–H and O–H groups in total. The lowest BCUT2D eigenvalue weighted by atomic mass is 10.1. The van der Waals surface area contributed by atoms with Gasteiger partial charge < -0.3 is 15.1 Å². The van der Waals surface area contributed by atoms with E-state index >= 15 is 0 Å². The fourth-order valence-corrected chi connectivity index (χ4v) is 2.69. The number of fused-ring (bicyclic) bond motifs is 1. The Kier molecular flexibility index (Phi) is 4.51. The first-order chi connectivity index (χ1) is 12.0. The van der Waals surface area contributed by atoms with E-state index in [9.17, 15) is 9.59 Å². The van der Waals surface area contributed by atoms with Crippen molar-refractivity contribution in [2.24, 2.45) is 7.05 Å². The number of amides is 2. The quantitative estimate of drug-likeness (QED) is 0.682. The lowest BCUT2D eigenvalue weighted by Gasteiger charge is -2.08. The Morgan fingerprint density at radius 1 is 1.20 bits per heavy atom. The van der Waals surface area contributed by atoms with Gasteiger partial charge in [0.1, 0.15) is 0 Å². The van der Waals surface area contributed by atoms with Crippen LogP contribution in [0.25, 0.3) is 11.0 Å². The molecule has 0 aliphatic heterocycles. The van der Waals surface area contributed by atoms with Gasteiger partial charge in [-0.15, -0.1) is 0 Å². The normalized spacial score (nSPS) is 10.8. The minimum absolute atomic E-state index is 0.223. The predicted octanol–water partition coefficient (Wildman–Crippen LogP) is 1.34. The lowest BCUT2D eigenvalue weighted by Crippen LogP contribution is -2.34. The SMILES string of the molecule is Cc1cc(C(=O)NCCNC(=O)c2ccco2)c2c(C)nn(C)c2n1. The largest absolute Gasteiger partial charge is 0.459 e. The Bertz CT molecular complexity index is 928. The van der Waals surface area contributed by atoms with Crippen molar-refractivity contribution in [3.63, 3.8) is 0 Å². The van der Waals surface area contributed by atoms with Crippen molar-refractivity contribution in [2.75, 3.05) is 13.1 Å². The molecule has 0 saturated carbocycles. The highest BCUT2D eigenvalue weighted by molar-refractivity contribution is 6.06. The topological polar surface area (TPSA) is 102 Å². The number of carbonyl (C=O) groups is 2. The molecule has 130 valence electrons. The highest BCUT2D eigenvalue weighted by Gasteiger charge is 2.17. The molecule has 8 heteroatoms. The molecule has 0 fully saturated rings. The zero-order valence-corrected chi connectivity index (χ0v) is 14.3. The number of aryl methyl sites for hydroxylation is 3. The third-order valence-corrected chi connectivity index (χ3v) is 3.78. The molecule has 25 heavy (non-hydrogen) atoms. The van der Waals surface area contributed by atoms with E-state index in [1.54, 1.807) is 29.9 Å². The zero-order chi connectivity index (χ0) is 18.0. The van der Waals surface area contributed by atoms with Crippen LogP contribution in [-0.2, 0) is 7.05 Å². The third kappa shape index (κ3) is 3.37. The Morgan fingerprint density at radius 3 is 2.60 bits per heavy atom. The van der Waals surface area contributed by atoms with Crippen LogP contribution >= 0.6 is 0 Å². The maximum absolute atomic E-state index is 12.5. The van der Waals surface area contributed by atoms with Gasteiger partial charge in [-0.1, -0.05) is 0 Å². The summed E-state index contributed by atoms with van der Waals surface area (Å²) in [5.41, 5.74) is 2.70. The Balaban J connectivity index is 1.66. The summed E-state index contributed by atoms with van der Waals surface area (Å²) >= 11 is 0. The van der Waals surface area contributed by atoms with Gasteiger partial charge in [-0.2, -0.15) is 5.10 Å². The lowest BCUT2D eigenvalue weighted by molar-refractivity contribution is 0.0911. The number of rotatable bonds is 5. The smallest absolute Gasteiger partial charge is 0.287 e. The number of hydrogen-bond donors (Lipinski definition) is 2. The van der Waals surface area contributed by atoms with E-state index in [0.29, 0.717) is 24.3 Å². The first kappa shape index (κ1) is 16.7. The fraction of sp³-hybridized carbons (Fsp3) is 0.294. The van der Waals surface area contributed by atoms with E-state index in [4.69, 9.17) is 4.42 Å². The number of carbonyl (C=O) groups excluding carboxylic acids is 2. The van der Waals surface area contributed by atoms with Crippen LogP contribution in [-0.4, -0.2) is 39.7 Å². The van der Waals surface area contributed by atoms with E-state index in [-0.39, 0.29) is 17.6 Å². The van der Waals surface area contributed by atoms with Gasteiger partial charge in [0.05, 0.1) is 22.9 Å². The van der Waals surface area contributed by atoms with Gasteiger partial charge in [-0.25, -0.2) is 4.98 Å². The van der Waals surface area contributed by atoms with Crippen molar-refractivity contribution in [2.45, 2.75) is 13.8 Å². The van der Waals surface area contributed by atoms with Crippen molar-refractivity contribution in [3.8, 4) is 0 Å². The zero-order valence-electron chi connectivity index (χ0n) is 14.3. The summed E-state index contributed by atoms with van der Waals surface area (Å²) in [6.07, 6.45) is 1.43. The molecule has 3 heterocycles. The van der Waals surface area contributed by atoms with Crippen LogP contribution in [0.1, 0.15) is 32.3 Å². The van der Waals surface area contributed by atoms with Gasteiger partial charge in [0.2, 0.25) is 0 Å². The van der Waals surface area contributed by atoms with E-state index < -0.39 is 0 Å². The van der Waals surface area contributed by atoms with Crippen molar-refractivity contribution in [3.05, 3.63) is 47.2 Å². The van der Waals surface area contributed by atoms with Gasteiger partial charge in [-0.3, -0.25) is 14.3 Å².